The second-order valence-electron chi connectivity index (χ2n) is 6.01. The summed E-state index contributed by atoms with van der Waals surface area (Å²) in [6.07, 6.45) is 0. The Kier molecular flexibility index (Phi) is 4.75. The number of nitrogens with zero attached hydrogens (tertiary/aromatic N) is 1. The number of hydrogen-bond donors (Lipinski definition) is 1. The highest BCUT2D eigenvalue weighted by molar-refractivity contribution is 14.1. The average molecular weight is 484 g/mol. The summed E-state index contributed by atoms with van der Waals surface area (Å²) in [5.41, 5.74) is 2.67. The van der Waals surface area contributed by atoms with Gasteiger partial charge in [-0.15, -0.1) is 0 Å². The molecule has 0 aliphatic rings. The fourth-order valence-corrected chi connectivity index (χ4v) is 3.70. The largest absolute Gasteiger partial charge is 0.331 e. The predicted molar refractivity (Wildman–Crippen MR) is 118 cm³/mol. The summed E-state index contributed by atoms with van der Waals surface area (Å²) in [6, 6.07) is 22.4. The minimum atomic E-state index is -0.443. The lowest BCUT2D eigenvalue weighted by atomic mass is 10.0. The molecule has 27 heavy (non-hydrogen) atoms. The van der Waals surface area contributed by atoms with E-state index in [1.807, 2.05) is 48.5 Å². The fraction of sp³-hybridized carbons (Fsp3) is 0. The number of aromatic amines is 1. The first kappa shape index (κ1) is 17.8. The molecule has 0 spiro atoms. The van der Waals surface area contributed by atoms with Crippen LogP contribution < -0.4 is 5.56 Å². The van der Waals surface area contributed by atoms with Gasteiger partial charge in [-0.25, -0.2) is 4.57 Å². The molecule has 0 bridgehead atoms. The van der Waals surface area contributed by atoms with Gasteiger partial charge < -0.3 is 4.98 Å². The first-order valence-electron chi connectivity index (χ1n) is 8.19. The molecule has 3 aromatic carbocycles. The van der Waals surface area contributed by atoms with Gasteiger partial charge in [0, 0.05) is 9.13 Å². The number of benzene rings is 3. The van der Waals surface area contributed by atoms with Crippen LogP contribution in [0.4, 0.5) is 0 Å². The molecule has 0 fully saturated rings. The van der Waals surface area contributed by atoms with E-state index in [2.05, 4.69) is 27.6 Å². The smallest absolute Gasteiger partial charge is 0.269 e. The molecular weight excluding hydrogens is 471 g/mol. The fourth-order valence-electron chi connectivity index (χ4n) is 2.94. The standard InChI is InChI=1S/C21H13IN2O2S/c22-16-10-11-18-17(12-16)20(26)24(21(27)23-18)19(25)15-8-6-14(7-9-15)13-4-2-1-3-5-13/h1-12H,(H,23,27). The van der Waals surface area contributed by atoms with Crippen molar-refractivity contribution in [2.45, 2.75) is 0 Å². The van der Waals surface area contributed by atoms with E-state index in [1.54, 1.807) is 24.3 Å². The van der Waals surface area contributed by atoms with Crippen molar-refractivity contribution in [1.29, 1.82) is 0 Å². The quantitative estimate of drug-likeness (QED) is 0.321. The molecule has 0 aliphatic carbocycles. The lowest BCUT2D eigenvalue weighted by molar-refractivity contribution is 0.0953. The minimum absolute atomic E-state index is 0.0887. The van der Waals surface area contributed by atoms with E-state index in [9.17, 15) is 9.59 Å². The van der Waals surface area contributed by atoms with Crippen molar-refractivity contribution in [3.05, 3.63) is 97.1 Å². The lowest BCUT2D eigenvalue weighted by Gasteiger charge is -2.08. The van der Waals surface area contributed by atoms with Gasteiger partial charge >= 0.3 is 0 Å². The third-order valence-corrected chi connectivity index (χ3v) is 5.26. The summed E-state index contributed by atoms with van der Waals surface area (Å²) in [5, 5.41) is 0.435. The number of fused-ring (bicyclic) bond motifs is 1. The van der Waals surface area contributed by atoms with Crippen molar-refractivity contribution in [1.82, 2.24) is 9.55 Å². The summed E-state index contributed by atoms with van der Waals surface area (Å²) in [4.78, 5) is 28.8. The van der Waals surface area contributed by atoms with Crippen LogP contribution in [0.1, 0.15) is 10.4 Å². The molecule has 0 aliphatic heterocycles. The van der Waals surface area contributed by atoms with Crippen LogP contribution in [0.3, 0.4) is 0 Å². The monoisotopic (exact) mass is 484 g/mol. The molecule has 4 nitrogen and oxygen atoms in total. The summed E-state index contributed by atoms with van der Waals surface area (Å²) < 4.78 is 2.02. The number of hydrogen-bond acceptors (Lipinski definition) is 3. The Morgan fingerprint density at radius 3 is 2.30 bits per heavy atom. The van der Waals surface area contributed by atoms with Gasteiger partial charge in [-0.05, 0) is 76.3 Å². The number of halogens is 1. The molecular formula is C21H13IN2O2S. The maximum absolute atomic E-state index is 12.9. The Bertz CT molecular complexity index is 1280. The van der Waals surface area contributed by atoms with Gasteiger partial charge in [-0.3, -0.25) is 9.59 Å². The van der Waals surface area contributed by atoms with Gasteiger partial charge in [0.1, 0.15) is 0 Å². The summed E-state index contributed by atoms with van der Waals surface area (Å²) in [5.74, 6) is -0.443. The van der Waals surface area contributed by atoms with Crippen LogP contribution in [0.2, 0.25) is 0 Å². The lowest BCUT2D eigenvalue weighted by Crippen LogP contribution is -2.29. The maximum Gasteiger partial charge on any atom is 0.269 e. The van der Waals surface area contributed by atoms with Crippen LogP contribution in [0.15, 0.2) is 77.6 Å². The first-order chi connectivity index (χ1) is 13.0. The maximum atomic E-state index is 12.9. The van der Waals surface area contributed by atoms with E-state index in [4.69, 9.17) is 12.2 Å². The third kappa shape index (κ3) is 3.38. The second-order valence-corrected chi connectivity index (χ2v) is 7.64. The second kappa shape index (κ2) is 7.21. The van der Waals surface area contributed by atoms with Crippen molar-refractivity contribution in [2.24, 2.45) is 0 Å². The van der Waals surface area contributed by atoms with Crippen LogP contribution in [0.5, 0.6) is 0 Å². The molecule has 0 amide bonds. The third-order valence-electron chi connectivity index (χ3n) is 4.30. The van der Waals surface area contributed by atoms with E-state index in [-0.39, 0.29) is 4.77 Å². The Morgan fingerprint density at radius 1 is 0.926 bits per heavy atom. The highest BCUT2D eigenvalue weighted by Gasteiger charge is 2.15. The zero-order valence-electron chi connectivity index (χ0n) is 14.0. The van der Waals surface area contributed by atoms with Crippen LogP contribution in [0, 0.1) is 8.34 Å². The van der Waals surface area contributed by atoms with Crippen LogP contribution in [0.25, 0.3) is 22.0 Å². The highest BCUT2D eigenvalue weighted by Crippen LogP contribution is 2.20. The van der Waals surface area contributed by atoms with Crippen molar-refractivity contribution in [3.8, 4) is 11.1 Å². The van der Waals surface area contributed by atoms with E-state index in [1.165, 1.54) is 0 Å². The van der Waals surface area contributed by atoms with E-state index in [0.29, 0.717) is 16.5 Å². The van der Waals surface area contributed by atoms with Crippen molar-refractivity contribution >= 4 is 51.6 Å². The topological polar surface area (TPSA) is 54.9 Å². The molecule has 0 unspecified atom stereocenters. The molecule has 1 aromatic heterocycles. The first-order valence-corrected chi connectivity index (χ1v) is 9.68. The van der Waals surface area contributed by atoms with E-state index >= 15 is 0 Å². The van der Waals surface area contributed by atoms with Gasteiger partial charge in [-0.1, -0.05) is 42.5 Å². The summed E-state index contributed by atoms with van der Waals surface area (Å²) in [6.45, 7) is 0. The average Bonchev–Trinajstić information content (AvgIpc) is 2.69. The minimum Gasteiger partial charge on any atom is -0.331 e. The Balaban J connectivity index is 1.79. The normalized spacial score (nSPS) is 10.9. The van der Waals surface area contributed by atoms with Crippen LogP contribution in [-0.2, 0) is 0 Å². The molecule has 1 heterocycles. The van der Waals surface area contributed by atoms with E-state index < -0.39 is 11.5 Å². The Morgan fingerprint density at radius 2 is 1.59 bits per heavy atom. The van der Waals surface area contributed by atoms with Crippen LogP contribution in [-0.4, -0.2) is 15.5 Å². The zero-order chi connectivity index (χ0) is 19.0. The highest BCUT2D eigenvalue weighted by atomic mass is 127. The molecule has 4 aromatic rings. The number of carbonyl (C=O) groups excluding carboxylic acids is 1. The molecule has 0 saturated carbocycles. The van der Waals surface area contributed by atoms with Gasteiger partial charge in [0.2, 0.25) is 0 Å². The van der Waals surface area contributed by atoms with Crippen LogP contribution >= 0.6 is 34.8 Å². The molecule has 0 saturated heterocycles. The molecule has 0 atom stereocenters. The molecule has 4 rings (SSSR count). The number of carbonyl (C=O) groups is 1. The summed E-state index contributed by atoms with van der Waals surface area (Å²) >= 11 is 7.39. The number of H-pyrrole nitrogens is 1. The molecule has 6 heteroatoms. The number of nitrogens with one attached hydrogen (secondary N) is 1. The zero-order valence-corrected chi connectivity index (χ0v) is 17.0. The van der Waals surface area contributed by atoms with Gasteiger partial charge in [0.05, 0.1) is 10.9 Å². The van der Waals surface area contributed by atoms with Gasteiger partial charge in [0.15, 0.2) is 4.77 Å². The van der Waals surface area contributed by atoms with E-state index in [0.717, 1.165) is 19.3 Å². The molecule has 1 N–H and O–H groups in total. The van der Waals surface area contributed by atoms with Gasteiger partial charge in [-0.2, -0.15) is 0 Å². The van der Waals surface area contributed by atoms with Crippen molar-refractivity contribution < 1.29 is 4.79 Å². The van der Waals surface area contributed by atoms with Crippen molar-refractivity contribution in [3.63, 3.8) is 0 Å². The Hall–Kier alpha value is -2.58. The number of aromatic nitrogens is 2. The summed E-state index contributed by atoms with van der Waals surface area (Å²) in [7, 11) is 0. The predicted octanol–water partition coefficient (Wildman–Crippen LogP) is 5.02. The number of rotatable bonds is 2. The molecule has 0 radical (unpaired) electrons. The Labute approximate surface area is 173 Å². The SMILES string of the molecule is O=C(c1ccc(-c2ccccc2)cc1)n1c(=S)[nH]c2ccc(I)cc2c1=O. The molecule has 132 valence electrons. The van der Waals surface area contributed by atoms with Gasteiger partial charge in [0.25, 0.3) is 11.5 Å². The van der Waals surface area contributed by atoms with Crippen molar-refractivity contribution in [2.75, 3.05) is 0 Å².